The van der Waals surface area contributed by atoms with Crippen molar-refractivity contribution in [1.29, 1.82) is 0 Å². The molecule has 0 saturated carbocycles. The highest BCUT2D eigenvalue weighted by molar-refractivity contribution is 5.47. The number of aromatic nitrogens is 2. The van der Waals surface area contributed by atoms with Crippen LogP contribution in [0.25, 0.3) is 0 Å². The maximum atomic E-state index is 5.87. The van der Waals surface area contributed by atoms with E-state index in [2.05, 4.69) is 17.0 Å². The van der Waals surface area contributed by atoms with Crippen molar-refractivity contribution >= 4 is 5.69 Å². The summed E-state index contributed by atoms with van der Waals surface area (Å²) in [6.07, 6.45) is 3.92. The molecule has 1 heterocycles. The molecule has 2 rings (SSSR count). The van der Waals surface area contributed by atoms with Gasteiger partial charge < -0.3 is 10.5 Å². The average molecular weight is 274 g/mol. The van der Waals surface area contributed by atoms with Crippen molar-refractivity contribution in [2.24, 2.45) is 7.05 Å². The first-order valence-corrected chi connectivity index (χ1v) is 6.75. The molecule has 1 aromatic carbocycles. The van der Waals surface area contributed by atoms with Crippen molar-refractivity contribution in [3.63, 3.8) is 0 Å². The van der Waals surface area contributed by atoms with E-state index in [0.29, 0.717) is 6.61 Å². The summed E-state index contributed by atoms with van der Waals surface area (Å²) < 4.78 is 7.46. The lowest BCUT2D eigenvalue weighted by Crippen LogP contribution is -2.17. The van der Waals surface area contributed by atoms with Crippen LogP contribution in [-0.2, 0) is 20.1 Å². The minimum absolute atomic E-state index is 0.656. The third-order valence-electron chi connectivity index (χ3n) is 3.04. The highest BCUT2D eigenvalue weighted by Gasteiger charge is 2.09. The van der Waals surface area contributed by atoms with Gasteiger partial charge in [0, 0.05) is 43.1 Å². The van der Waals surface area contributed by atoms with Gasteiger partial charge in [0.15, 0.2) is 0 Å². The summed E-state index contributed by atoms with van der Waals surface area (Å²) in [6, 6.07) is 5.78. The van der Waals surface area contributed by atoms with Gasteiger partial charge in [0.25, 0.3) is 0 Å². The standard InChI is InChI=1S/C15H22N4O/c1-4-20-15-6-5-14(16)7-13(15)11-18(2)9-12-8-17-19(3)10-12/h5-8,10H,4,9,11,16H2,1-3H3. The fourth-order valence-corrected chi connectivity index (χ4v) is 2.23. The second-order valence-corrected chi connectivity index (χ2v) is 4.99. The second kappa shape index (κ2) is 6.43. The molecule has 0 spiro atoms. The van der Waals surface area contributed by atoms with Crippen molar-refractivity contribution in [3.05, 3.63) is 41.7 Å². The molecule has 0 amide bonds. The number of rotatable bonds is 6. The Hall–Kier alpha value is -2.01. The molecule has 1 aromatic heterocycles. The van der Waals surface area contributed by atoms with Crippen LogP contribution in [0.3, 0.4) is 0 Å². The maximum absolute atomic E-state index is 5.87. The molecule has 5 nitrogen and oxygen atoms in total. The third-order valence-corrected chi connectivity index (χ3v) is 3.04. The first-order chi connectivity index (χ1) is 9.58. The van der Waals surface area contributed by atoms with Crippen LogP contribution in [0, 0.1) is 0 Å². The first-order valence-electron chi connectivity index (χ1n) is 6.75. The molecule has 0 aliphatic heterocycles. The number of hydrogen-bond donors (Lipinski definition) is 1. The van der Waals surface area contributed by atoms with Crippen molar-refractivity contribution in [2.45, 2.75) is 20.0 Å². The average Bonchev–Trinajstić information content (AvgIpc) is 2.78. The summed E-state index contributed by atoms with van der Waals surface area (Å²) >= 11 is 0. The Kier molecular flexibility index (Phi) is 4.63. The van der Waals surface area contributed by atoms with E-state index in [9.17, 15) is 0 Å². The quantitative estimate of drug-likeness (QED) is 0.819. The molecule has 0 unspecified atom stereocenters. The predicted octanol–water partition coefficient (Wildman–Crippen LogP) is 2.03. The number of hydrogen-bond acceptors (Lipinski definition) is 4. The fourth-order valence-electron chi connectivity index (χ4n) is 2.23. The van der Waals surface area contributed by atoms with Crippen molar-refractivity contribution in [3.8, 4) is 5.75 Å². The van der Waals surface area contributed by atoms with Gasteiger partial charge in [-0.25, -0.2) is 0 Å². The zero-order valence-corrected chi connectivity index (χ0v) is 12.3. The Balaban J connectivity index is 2.06. The van der Waals surface area contributed by atoms with Crippen molar-refractivity contribution in [2.75, 3.05) is 19.4 Å². The number of benzene rings is 1. The normalized spacial score (nSPS) is 11.0. The Morgan fingerprint density at radius 2 is 2.15 bits per heavy atom. The molecule has 5 heteroatoms. The van der Waals surface area contributed by atoms with Gasteiger partial charge in [-0.05, 0) is 32.2 Å². The third kappa shape index (κ3) is 3.74. The minimum atomic E-state index is 0.656. The Morgan fingerprint density at radius 1 is 1.35 bits per heavy atom. The summed E-state index contributed by atoms with van der Waals surface area (Å²) in [7, 11) is 4.00. The van der Waals surface area contributed by atoms with Gasteiger partial charge in [0.05, 0.1) is 12.8 Å². The molecule has 20 heavy (non-hydrogen) atoms. The molecular weight excluding hydrogens is 252 g/mol. The highest BCUT2D eigenvalue weighted by Crippen LogP contribution is 2.23. The minimum Gasteiger partial charge on any atom is -0.494 e. The van der Waals surface area contributed by atoms with Crippen molar-refractivity contribution in [1.82, 2.24) is 14.7 Å². The van der Waals surface area contributed by atoms with E-state index < -0.39 is 0 Å². The van der Waals surface area contributed by atoms with E-state index in [-0.39, 0.29) is 0 Å². The number of ether oxygens (including phenoxy) is 1. The number of aryl methyl sites for hydroxylation is 1. The van der Waals surface area contributed by atoms with Crippen LogP contribution in [0.4, 0.5) is 5.69 Å². The number of nitrogen functional groups attached to an aromatic ring is 1. The van der Waals surface area contributed by atoms with Crippen LogP contribution in [-0.4, -0.2) is 28.3 Å². The largest absolute Gasteiger partial charge is 0.494 e. The van der Waals surface area contributed by atoms with Crippen LogP contribution in [0.15, 0.2) is 30.6 Å². The summed E-state index contributed by atoms with van der Waals surface area (Å²) in [5, 5.41) is 4.18. The van der Waals surface area contributed by atoms with Gasteiger partial charge in [-0.1, -0.05) is 0 Å². The molecule has 0 aliphatic carbocycles. The molecular formula is C15H22N4O. The van der Waals surface area contributed by atoms with E-state index in [1.807, 2.05) is 49.2 Å². The van der Waals surface area contributed by atoms with E-state index >= 15 is 0 Å². The first kappa shape index (κ1) is 14.4. The molecule has 2 N–H and O–H groups in total. The van der Waals surface area contributed by atoms with Gasteiger partial charge in [-0.3, -0.25) is 9.58 Å². The summed E-state index contributed by atoms with van der Waals surface area (Å²) in [4.78, 5) is 2.22. The zero-order chi connectivity index (χ0) is 14.5. The second-order valence-electron chi connectivity index (χ2n) is 4.99. The molecule has 0 bridgehead atoms. The van der Waals surface area contributed by atoms with Crippen LogP contribution in [0.2, 0.25) is 0 Å². The van der Waals surface area contributed by atoms with Gasteiger partial charge >= 0.3 is 0 Å². The molecule has 0 aliphatic rings. The molecule has 2 aromatic rings. The van der Waals surface area contributed by atoms with Gasteiger partial charge in [0.2, 0.25) is 0 Å². The summed E-state index contributed by atoms with van der Waals surface area (Å²) in [6.45, 7) is 4.27. The Labute approximate surface area is 119 Å². The number of anilines is 1. The van der Waals surface area contributed by atoms with E-state index in [4.69, 9.17) is 10.5 Å². The van der Waals surface area contributed by atoms with E-state index in [1.165, 1.54) is 5.56 Å². The predicted molar refractivity (Wildman–Crippen MR) is 80.4 cm³/mol. The van der Waals surface area contributed by atoms with Crippen molar-refractivity contribution < 1.29 is 4.74 Å². The Bertz CT molecular complexity index is 565. The lowest BCUT2D eigenvalue weighted by atomic mass is 10.1. The topological polar surface area (TPSA) is 56.3 Å². The Morgan fingerprint density at radius 3 is 2.80 bits per heavy atom. The molecule has 0 saturated heterocycles. The van der Waals surface area contributed by atoms with Crippen LogP contribution >= 0.6 is 0 Å². The smallest absolute Gasteiger partial charge is 0.123 e. The van der Waals surface area contributed by atoms with E-state index in [1.54, 1.807) is 0 Å². The van der Waals surface area contributed by atoms with Crippen LogP contribution < -0.4 is 10.5 Å². The summed E-state index contributed by atoms with van der Waals surface area (Å²) in [5.41, 5.74) is 8.93. The monoisotopic (exact) mass is 274 g/mol. The van der Waals surface area contributed by atoms with Gasteiger partial charge in [-0.15, -0.1) is 0 Å². The lowest BCUT2D eigenvalue weighted by Gasteiger charge is -2.18. The maximum Gasteiger partial charge on any atom is 0.123 e. The molecule has 0 radical (unpaired) electrons. The molecule has 0 fully saturated rings. The zero-order valence-electron chi connectivity index (χ0n) is 12.3. The molecule has 108 valence electrons. The fraction of sp³-hybridized carbons (Fsp3) is 0.400. The van der Waals surface area contributed by atoms with Gasteiger partial charge in [0.1, 0.15) is 5.75 Å². The van der Waals surface area contributed by atoms with Crippen LogP contribution in [0.1, 0.15) is 18.1 Å². The number of nitrogens with zero attached hydrogens (tertiary/aromatic N) is 3. The van der Waals surface area contributed by atoms with E-state index in [0.717, 1.165) is 30.1 Å². The summed E-state index contributed by atoms with van der Waals surface area (Å²) in [5.74, 6) is 0.903. The van der Waals surface area contributed by atoms with Crippen LogP contribution in [0.5, 0.6) is 5.75 Å². The SMILES string of the molecule is CCOc1ccc(N)cc1CN(C)Cc1cnn(C)c1. The lowest BCUT2D eigenvalue weighted by molar-refractivity contribution is 0.298. The number of nitrogens with two attached hydrogens (primary N) is 1. The molecule has 0 atom stereocenters. The highest BCUT2D eigenvalue weighted by atomic mass is 16.5. The van der Waals surface area contributed by atoms with Gasteiger partial charge in [-0.2, -0.15) is 5.10 Å².